The molecule has 9 heteroatoms. The Balaban J connectivity index is 1.31. The van der Waals surface area contributed by atoms with E-state index in [4.69, 9.17) is 28.4 Å². The summed E-state index contributed by atoms with van der Waals surface area (Å²) in [7, 11) is 5.03. The van der Waals surface area contributed by atoms with E-state index in [1.54, 1.807) is 21.3 Å². The number of ether oxygens (including phenoxy) is 6. The second-order valence-corrected chi connectivity index (χ2v) is 14.8. The highest BCUT2D eigenvalue weighted by Gasteiger charge is 2.23. The molecule has 6 nitrogen and oxygen atoms in total. The van der Waals surface area contributed by atoms with Gasteiger partial charge >= 0.3 is 0 Å². The highest BCUT2D eigenvalue weighted by Crippen LogP contribution is 2.41. The summed E-state index contributed by atoms with van der Waals surface area (Å²) in [5, 5.41) is 0. The first-order chi connectivity index (χ1) is 26.3. The highest BCUT2D eigenvalue weighted by molar-refractivity contribution is 7.80. The lowest BCUT2D eigenvalue weighted by Gasteiger charge is -2.18. The van der Waals surface area contributed by atoms with Crippen LogP contribution >= 0.6 is 37.9 Å². The number of hydrogen-bond donors (Lipinski definition) is 3. The van der Waals surface area contributed by atoms with Gasteiger partial charge in [-0.3, -0.25) is 0 Å². The number of hydrogen-bond acceptors (Lipinski definition) is 9. The molecule has 0 aliphatic heterocycles. The highest BCUT2D eigenvalue weighted by atomic mass is 32.1. The number of fused-ring (bicyclic) bond motifs is 3. The molecule has 0 atom stereocenters. The quantitative estimate of drug-likeness (QED) is 0.108. The SMILES string of the molecule is COc1cc2c(cc1OCc1cccc(S)c1)Cc1cc(OC)c(OCc3cccc(S)c3)cc1Cc1cc(OC)c(OCc3cccc(S)c3)cc1C2. The average Bonchev–Trinajstić information content (AvgIpc) is 3.22. The summed E-state index contributed by atoms with van der Waals surface area (Å²) in [6.45, 7) is 1.14. The van der Waals surface area contributed by atoms with Crippen molar-refractivity contribution in [2.45, 2.75) is 53.8 Å². The van der Waals surface area contributed by atoms with Crippen molar-refractivity contribution >= 4 is 37.9 Å². The smallest absolute Gasteiger partial charge is 0.161 e. The minimum absolute atomic E-state index is 0.379. The van der Waals surface area contributed by atoms with Gasteiger partial charge in [-0.25, -0.2) is 0 Å². The molecule has 0 N–H and O–H groups in total. The Morgan fingerprint density at radius 3 is 0.870 bits per heavy atom. The predicted octanol–water partition coefficient (Wildman–Crippen LogP) is 10.4. The topological polar surface area (TPSA) is 55.4 Å². The molecule has 0 spiro atoms. The molecular weight excluding hydrogens is 733 g/mol. The van der Waals surface area contributed by atoms with Crippen LogP contribution in [0.4, 0.5) is 0 Å². The third-order valence-electron chi connectivity index (χ3n) is 9.52. The van der Waals surface area contributed by atoms with Crippen molar-refractivity contribution in [2.75, 3.05) is 21.3 Å². The van der Waals surface area contributed by atoms with Crippen molar-refractivity contribution in [3.05, 3.63) is 159 Å². The molecule has 6 aromatic carbocycles. The van der Waals surface area contributed by atoms with Gasteiger partial charge < -0.3 is 28.4 Å². The van der Waals surface area contributed by atoms with Gasteiger partial charge in [-0.1, -0.05) is 36.4 Å². The van der Waals surface area contributed by atoms with Gasteiger partial charge in [-0.15, -0.1) is 37.9 Å². The van der Waals surface area contributed by atoms with Gasteiger partial charge in [-0.05, 0) is 142 Å². The van der Waals surface area contributed by atoms with E-state index in [0.717, 1.165) is 64.8 Å². The maximum atomic E-state index is 6.42. The Morgan fingerprint density at radius 2 is 0.630 bits per heavy atom. The van der Waals surface area contributed by atoms with Gasteiger partial charge in [0.2, 0.25) is 0 Å². The van der Waals surface area contributed by atoms with E-state index in [0.29, 0.717) is 73.6 Å². The van der Waals surface area contributed by atoms with Crippen LogP contribution < -0.4 is 28.4 Å². The second kappa shape index (κ2) is 17.1. The normalized spacial score (nSPS) is 11.9. The molecule has 276 valence electrons. The van der Waals surface area contributed by atoms with E-state index in [1.807, 2.05) is 72.8 Å². The third kappa shape index (κ3) is 8.92. The first kappa shape index (κ1) is 37.5. The van der Waals surface area contributed by atoms with E-state index in [2.05, 4.69) is 74.3 Å². The molecule has 1 aliphatic carbocycles. The first-order valence-corrected chi connectivity index (χ1v) is 18.9. The fraction of sp³-hybridized carbons (Fsp3) is 0.200. The summed E-state index contributed by atoms with van der Waals surface area (Å²) in [6.07, 6.45) is 1.93. The van der Waals surface area contributed by atoms with Crippen molar-refractivity contribution in [2.24, 2.45) is 0 Å². The van der Waals surface area contributed by atoms with Crippen molar-refractivity contribution in [1.29, 1.82) is 0 Å². The van der Waals surface area contributed by atoms with Crippen LogP contribution in [-0.4, -0.2) is 21.3 Å². The number of benzene rings is 6. The number of rotatable bonds is 12. The van der Waals surface area contributed by atoms with E-state index >= 15 is 0 Å². The zero-order chi connectivity index (χ0) is 37.6. The van der Waals surface area contributed by atoms with E-state index in [1.165, 1.54) is 0 Å². The number of methoxy groups -OCH3 is 3. The van der Waals surface area contributed by atoms with Crippen molar-refractivity contribution < 1.29 is 28.4 Å². The van der Waals surface area contributed by atoms with Crippen LogP contribution in [0.5, 0.6) is 34.5 Å². The van der Waals surface area contributed by atoms with Gasteiger partial charge in [0.25, 0.3) is 0 Å². The van der Waals surface area contributed by atoms with Crippen LogP contribution in [0.3, 0.4) is 0 Å². The van der Waals surface area contributed by atoms with Gasteiger partial charge in [0, 0.05) is 14.7 Å². The van der Waals surface area contributed by atoms with Gasteiger partial charge in [0.1, 0.15) is 19.8 Å². The largest absolute Gasteiger partial charge is 0.493 e. The third-order valence-corrected chi connectivity index (χ3v) is 10.3. The molecule has 0 radical (unpaired) electrons. The van der Waals surface area contributed by atoms with Crippen LogP contribution in [-0.2, 0) is 39.1 Å². The Kier molecular flexibility index (Phi) is 11.9. The number of thiol groups is 3. The summed E-state index contributed by atoms with van der Waals surface area (Å²) >= 11 is 13.5. The fourth-order valence-electron chi connectivity index (χ4n) is 6.77. The van der Waals surface area contributed by atoms with Gasteiger partial charge in [0.15, 0.2) is 34.5 Å². The summed E-state index contributed by atoms with van der Waals surface area (Å²) in [5.74, 6) is 4.01. The molecule has 0 unspecified atom stereocenters. The Bertz CT molecular complexity index is 2030. The molecular formula is C45H42O6S3. The van der Waals surface area contributed by atoms with E-state index in [-0.39, 0.29) is 0 Å². The molecule has 0 aromatic heterocycles. The zero-order valence-electron chi connectivity index (χ0n) is 30.4. The molecule has 0 bridgehead atoms. The molecule has 7 rings (SSSR count). The lowest BCUT2D eigenvalue weighted by molar-refractivity contribution is 0.283. The fourth-order valence-corrected chi connectivity index (χ4v) is 7.53. The molecule has 0 saturated carbocycles. The summed E-state index contributed by atoms with van der Waals surface area (Å²) in [6, 6.07) is 36.5. The van der Waals surface area contributed by atoms with Gasteiger partial charge in [0.05, 0.1) is 21.3 Å². The van der Waals surface area contributed by atoms with Crippen molar-refractivity contribution in [3.63, 3.8) is 0 Å². The standard InChI is InChI=1S/C45H42O6S3/c1-46-40-19-31-16-35-23-44(50-26-29-8-5-11-38(53)14-29)42(48-3)21-33(35)18-36-24-45(51-27-30-9-6-12-39(54)15-30)41(47-2)20-32(36)17-34(31)22-43(40)49-25-28-7-4-10-37(52)13-28/h4-15,19-24,52-54H,16-18,25-27H2,1-3H3. The molecule has 6 aromatic rings. The lowest BCUT2D eigenvalue weighted by Crippen LogP contribution is -2.04. The summed E-state index contributed by atoms with van der Waals surface area (Å²) in [5.41, 5.74) is 9.78. The molecule has 54 heavy (non-hydrogen) atoms. The second-order valence-electron chi connectivity index (χ2n) is 13.2. The molecule has 0 amide bonds. The molecule has 0 saturated heterocycles. The Labute approximate surface area is 333 Å². The predicted molar refractivity (Wildman–Crippen MR) is 221 cm³/mol. The minimum Gasteiger partial charge on any atom is -0.493 e. The lowest BCUT2D eigenvalue weighted by atomic mass is 9.94. The molecule has 0 fully saturated rings. The minimum atomic E-state index is 0.379. The van der Waals surface area contributed by atoms with Crippen molar-refractivity contribution in [3.8, 4) is 34.5 Å². The van der Waals surface area contributed by atoms with Crippen LogP contribution in [0.2, 0.25) is 0 Å². The van der Waals surface area contributed by atoms with Crippen LogP contribution in [0.15, 0.2) is 124 Å². The van der Waals surface area contributed by atoms with Gasteiger partial charge in [-0.2, -0.15) is 0 Å². The van der Waals surface area contributed by atoms with Crippen molar-refractivity contribution in [1.82, 2.24) is 0 Å². The van der Waals surface area contributed by atoms with Crippen LogP contribution in [0.25, 0.3) is 0 Å². The monoisotopic (exact) mass is 774 g/mol. The summed E-state index contributed by atoms with van der Waals surface area (Å²) < 4.78 is 37.1. The average molecular weight is 775 g/mol. The van der Waals surface area contributed by atoms with Crippen LogP contribution in [0, 0.1) is 0 Å². The Hall–Kier alpha value is -4.83. The van der Waals surface area contributed by atoms with Crippen LogP contribution in [0.1, 0.15) is 50.1 Å². The molecule has 0 heterocycles. The molecule has 1 aliphatic rings. The van der Waals surface area contributed by atoms with E-state index < -0.39 is 0 Å². The first-order valence-electron chi connectivity index (χ1n) is 17.6. The summed E-state index contributed by atoms with van der Waals surface area (Å²) in [4.78, 5) is 2.65. The maximum Gasteiger partial charge on any atom is 0.161 e. The van der Waals surface area contributed by atoms with E-state index in [9.17, 15) is 0 Å². The zero-order valence-corrected chi connectivity index (χ0v) is 33.1. The maximum absolute atomic E-state index is 6.42. The Morgan fingerprint density at radius 1 is 0.370 bits per heavy atom.